The zero-order valence-corrected chi connectivity index (χ0v) is 9.94. The molecule has 2 rings (SSSR count). The summed E-state index contributed by atoms with van der Waals surface area (Å²) >= 11 is 1.40. The number of carboxylic acids is 1. The number of carbonyl (C=O) groups is 1. The number of nitrogens with zero attached hydrogens (tertiary/aromatic N) is 2. The van der Waals surface area contributed by atoms with Gasteiger partial charge in [0.15, 0.2) is 5.69 Å². The van der Waals surface area contributed by atoms with Gasteiger partial charge in [-0.15, -0.1) is 0 Å². The predicted octanol–water partition coefficient (Wildman–Crippen LogP) is 2.63. The third-order valence-corrected chi connectivity index (χ3v) is 2.94. The molecule has 0 amide bonds. The molecule has 4 nitrogen and oxygen atoms in total. The summed E-state index contributed by atoms with van der Waals surface area (Å²) < 4.78 is 0. The molecule has 0 spiro atoms. The van der Waals surface area contributed by atoms with Crippen LogP contribution in [0.25, 0.3) is 0 Å². The molecule has 0 unspecified atom stereocenters. The molecule has 0 aliphatic carbocycles. The van der Waals surface area contributed by atoms with Gasteiger partial charge in [0.1, 0.15) is 5.03 Å². The second-order valence-electron chi connectivity index (χ2n) is 3.47. The minimum atomic E-state index is -1.07. The van der Waals surface area contributed by atoms with Crippen LogP contribution in [0.15, 0.2) is 46.6 Å². The Morgan fingerprint density at radius 3 is 2.88 bits per heavy atom. The summed E-state index contributed by atoms with van der Waals surface area (Å²) in [5.74, 6) is -1.07. The highest BCUT2D eigenvalue weighted by Crippen LogP contribution is 2.25. The average molecular weight is 246 g/mol. The van der Waals surface area contributed by atoms with E-state index in [2.05, 4.69) is 9.97 Å². The smallest absolute Gasteiger partial charge is 0.356 e. The number of aromatic carboxylic acids is 1. The molecule has 0 bridgehead atoms. The van der Waals surface area contributed by atoms with Crippen LogP contribution in [0.1, 0.15) is 16.1 Å². The van der Waals surface area contributed by atoms with Gasteiger partial charge in [0.2, 0.25) is 0 Å². The molecule has 0 aliphatic heterocycles. The fraction of sp³-hybridized carbons (Fsp3) is 0.0833. The normalized spacial score (nSPS) is 10.2. The highest BCUT2D eigenvalue weighted by Gasteiger charge is 2.07. The van der Waals surface area contributed by atoms with E-state index < -0.39 is 5.97 Å². The number of rotatable bonds is 3. The van der Waals surface area contributed by atoms with E-state index in [4.69, 9.17) is 5.11 Å². The Morgan fingerprint density at radius 2 is 2.18 bits per heavy atom. The zero-order valence-electron chi connectivity index (χ0n) is 9.12. The highest BCUT2D eigenvalue weighted by molar-refractivity contribution is 7.99. The van der Waals surface area contributed by atoms with Crippen molar-refractivity contribution in [2.75, 3.05) is 0 Å². The van der Waals surface area contributed by atoms with Crippen LogP contribution in [0.5, 0.6) is 0 Å². The molecule has 1 N–H and O–H groups in total. The fourth-order valence-electron chi connectivity index (χ4n) is 1.30. The molecule has 2 aromatic rings. The first-order chi connectivity index (χ1) is 8.15. The van der Waals surface area contributed by atoms with Crippen LogP contribution in [-0.2, 0) is 0 Å². The van der Waals surface area contributed by atoms with E-state index in [-0.39, 0.29) is 5.69 Å². The average Bonchev–Trinajstić information content (AvgIpc) is 2.29. The number of carboxylic acid groups (broad SMARTS) is 1. The SMILES string of the molecule is Cc1cccc(Sc2cncc(C(=O)O)n2)c1. The first-order valence-corrected chi connectivity index (χ1v) is 5.76. The van der Waals surface area contributed by atoms with Crippen molar-refractivity contribution in [3.8, 4) is 0 Å². The lowest BCUT2D eigenvalue weighted by Gasteiger charge is -2.02. The van der Waals surface area contributed by atoms with Crippen molar-refractivity contribution in [3.05, 3.63) is 47.9 Å². The van der Waals surface area contributed by atoms with Crippen LogP contribution in [0.2, 0.25) is 0 Å². The third kappa shape index (κ3) is 3.04. The standard InChI is InChI=1S/C12H10N2O2S/c1-8-3-2-4-9(5-8)17-11-7-13-6-10(14-11)12(15)16/h2-7H,1H3,(H,15,16). The summed E-state index contributed by atoms with van der Waals surface area (Å²) in [4.78, 5) is 19.6. The largest absolute Gasteiger partial charge is 0.476 e. The van der Waals surface area contributed by atoms with E-state index in [1.165, 1.54) is 18.0 Å². The summed E-state index contributed by atoms with van der Waals surface area (Å²) in [6.45, 7) is 2.00. The van der Waals surface area contributed by atoms with E-state index in [1.54, 1.807) is 6.20 Å². The molecular formula is C12H10N2O2S. The van der Waals surface area contributed by atoms with E-state index in [0.29, 0.717) is 5.03 Å². The second kappa shape index (κ2) is 4.97. The number of hydrogen-bond donors (Lipinski definition) is 1. The van der Waals surface area contributed by atoms with Crippen molar-refractivity contribution in [2.45, 2.75) is 16.8 Å². The Bertz CT molecular complexity index is 558. The highest BCUT2D eigenvalue weighted by atomic mass is 32.2. The van der Waals surface area contributed by atoms with E-state index in [1.807, 2.05) is 31.2 Å². The van der Waals surface area contributed by atoms with Crippen molar-refractivity contribution in [2.24, 2.45) is 0 Å². The van der Waals surface area contributed by atoms with Crippen molar-refractivity contribution in [1.29, 1.82) is 0 Å². The monoisotopic (exact) mass is 246 g/mol. The Balaban J connectivity index is 2.24. The molecule has 0 aliphatic rings. The van der Waals surface area contributed by atoms with Crippen LogP contribution in [-0.4, -0.2) is 21.0 Å². The predicted molar refractivity (Wildman–Crippen MR) is 64.3 cm³/mol. The van der Waals surface area contributed by atoms with E-state index in [0.717, 1.165) is 10.5 Å². The molecule has 86 valence electrons. The molecule has 0 saturated heterocycles. The number of hydrogen-bond acceptors (Lipinski definition) is 4. The molecule has 0 radical (unpaired) electrons. The number of aryl methyl sites for hydroxylation is 1. The molecule has 0 saturated carbocycles. The molecule has 17 heavy (non-hydrogen) atoms. The van der Waals surface area contributed by atoms with Gasteiger partial charge in [0.25, 0.3) is 0 Å². The van der Waals surface area contributed by atoms with Gasteiger partial charge in [0.05, 0.1) is 12.4 Å². The van der Waals surface area contributed by atoms with Gasteiger partial charge >= 0.3 is 5.97 Å². The molecule has 1 aromatic carbocycles. The maximum Gasteiger partial charge on any atom is 0.356 e. The first-order valence-electron chi connectivity index (χ1n) is 4.95. The van der Waals surface area contributed by atoms with Gasteiger partial charge in [-0.3, -0.25) is 4.98 Å². The van der Waals surface area contributed by atoms with Gasteiger partial charge < -0.3 is 5.11 Å². The maximum absolute atomic E-state index is 10.7. The third-order valence-electron chi connectivity index (χ3n) is 2.04. The summed E-state index contributed by atoms with van der Waals surface area (Å²) in [6.07, 6.45) is 2.79. The van der Waals surface area contributed by atoms with Crippen molar-refractivity contribution in [3.63, 3.8) is 0 Å². The zero-order chi connectivity index (χ0) is 12.3. The van der Waals surface area contributed by atoms with Gasteiger partial charge in [-0.2, -0.15) is 0 Å². The molecule has 1 heterocycles. The Hall–Kier alpha value is -1.88. The molecule has 0 atom stereocenters. The van der Waals surface area contributed by atoms with Crippen molar-refractivity contribution in [1.82, 2.24) is 9.97 Å². The first kappa shape index (κ1) is 11.6. The minimum absolute atomic E-state index is 0.0392. The molecule has 1 aromatic heterocycles. The minimum Gasteiger partial charge on any atom is -0.476 e. The number of aromatic nitrogens is 2. The Kier molecular flexibility index (Phi) is 3.39. The summed E-state index contributed by atoms with van der Waals surface area (Å²) in [7, 11) is 0. The van der Waals surface area contributed by atoms with Crippen LogP contribution < -0.4 is 0 Å². The fourth-order valence-corrected chi connectivity index (χ4v) is 2.19. The molecule has 5 heteroatoms. The Labute approximate surface area is 103 Å². The van der Waals surface area contributed by atoms with Crippen LogP contribution in [0.4, 0.5) is 0 Å². The van der Waals surface area contributed by atoms with E-state index in [9.17, 15) is 4.79 Å². The van der Waals surface area contributed by atoms with Crippen LogP contribution >= 0.6 is 11.8 Å². The molecular weight excluding hydrogens is 236 g/mol. The van der Waals surface area contributed by atoms with Gasteiger partial charge in [-0.1, -0.05) is 29.5 Å². The summed E-state index contributed by atoms with van der Waals surface area (Å²) in [5.41, 5.74) is 1.11. The summed E-state index contributed by atoms with van der Waals surface area (Å²) in [5, 5.41) is 9.39. The maximum atomic E-state index is 10.7. The van der Waals surface area contributed by atoms with E-state index >= 15 is 0 Å². The molecule has 0 fully saturated rings. The topological polar surface area (TPSA) is 63.1 Å². The Morgan fingerprint density at radius 1 is 1.35 bits per heavy atom. The van der Waals surface area contributed by atoms with Crippen LogP contribution in [0.3, 0.4) is 0 Å². The lowest BCUT2D eigenvalue weighted by molar-refractivity contribution is 0.0689. The van der Waals surface area contributed by atoms with Crippen molar-refractivity contribution >= 4 is 17.7 Å². The summed E-state index contributed by atoms with van der Waals surface area (Å²) in [6, 6.07) is 7.92. The van der Waals surface area contributed by atoms with Crippen LogP contribution in [0, 0.1) is 6.92 Å². The second-order valence-corrected chi connectivity index (χ2v) is 4.56. The van der Waals surface area contributed by atoms with Gasteiger partial charge in [-0.05, 0) is 19.1 Å². The van der Waals surface area contributed by atoms with Gasteiger partial charge in [-0.25, -0.2) is 9.78 Å². The lowest BCUT2D eigenvalue weighted by Crippen LogP contribution is -2.01. The lowest BCUT2D eigenvalue weighted by atomic mass is 10.2. The number of benzene rings is 1. The quantitative estimate of drug-likeness (QED) is 0.902. The van der Waals surface area contributed by atoms with Gasteiger partial charge in [0, 0.05) is 4.90 Å². The van der Waals surface area contributed by atoms with Crippen molar-refractivity contribution < 1.29 is 9.90 Å².